The first-order chi connectivity index (χ1) is 8.74. The first-order valence-electron chi connectivity index (χ1n) is 7.62. The average molecular weight is 252 g/mol. The molecule has 1 N–H and O–H groups in total. The number of rotatable bonds is 11. The van der Waals surface area contributed by atoms with Crippen LogP contribution in [0.25, 0.3) is 0 Å². The average Bonchev–Trinajstić information content (AvgIpc) is 3.10. The van der Waals surface area contributed by atoms with Crippen molar-refractivity contribution in [2.24, 2.45) is 11.8 Å². The molecule has 2 atom stereocenters. The number of aliphatic carboxylic acids is 1. The van der Waals surface area contributed by atoms with E-state index in [2.05, 4.69) is 19.1 Å². The van der Waals surface area contributed by atoms with Gasteiger partial charge in [-0.05, 0) is 37.5 Å². The van der Waals surface area contributed by atoms with Crippen LogP contribution in [0, 0.1) is 11.8 Å². The molecule has 1 rings (SSSR count). The largest absolute Gasteiger partial charge is 0.481 e. The van der Waals surface area contributed by atoms with Crippen molar-refractivity contribution in [3.63, 3.8) is 0 Å². The van der Waals surface area contributed by atoms with Gasteiger partial charge in [-0.15, -0.1) is 0 Å². The molecule has 0 bridgehead atoms. The highest BCUT2D eigenvalue weighted by molar-refractivity contribution is 5.66. The van der Waals surface area contributed by atoms with Crippen LogP contribution in [-0.2, 0) is 4.79 Å². The van der Waals surface area contributed by atoms with Crippen molar-refractivity contribution in [1.29, 1.82) is 0 Å². The Morgan fingerprint density at radius 1 is 1.17 bits per heavy atom. The summed E-state index contributed by atoms with van der Waals surface area (Å²) in [4.78, 5) is 10.3. The second-order valence-corrected chi connectivity index (χ2v) is 5.55. The van der Waals surface area contributed by atoms with Gasteiger partial charge in [-0.1, -0.05) is 51.2 Å². The number of carboxylic acids is 1. The minimum absolute atomic E-state index is 0.336. The van der Waals surface area contributed by atoms with Gasteiger partial charge in [0.25, 0.3) is 0 Å². The quantitative estimate of drug-likeness (QED) is 0.424. The Morgan fingerprint density at radius 3 is 2.44 bits per heavy atom. The Balaban J connectivity index is 1.77. The molecular formula is C16H28O2. The third-order valence-corrected chi connectivity index (χ3v) is 3.90. The van der Waals surface area contributed by atoms with Crippen LogP contribution in [-0.4, -0.2) is 11.1 Å². The van der Waals surface area contributed by atoms with Crippen LogP contribution in [0.3, 0.4) is 0 Å². The molecule has 0 heterocycles. The zero-order chi connectivity index (χ0) is 13.2. The van der Waals surface area contributed by atoms with Gasteiger partial charge in [0.15, 0.2) is 0 Å². The maximum absolute atomic E-state index is 10.3. The summed E-state index contributed by atoms with van der Waals surface area (Å²) < 4.78 is 0. The van der Waals surface area contributed by atoms with Gasteiger partial charge in [0.05, 0.1) is 0 Å². The van der Waals surface area contributed by atoms with Crippen molar-refractivity contribution in [3.8, 4) is 0 Å². The van der Waals surface area contributed by atoms with Crippen LogP contribution in [0.2, 0.25) is 0 Å². The Kier molecular flexibility index (Phi) is 7.79. The van der Waals surface area contributed by atoms with Crippen molar-refractivity contribution >= 4 is 5.97 Å². The van der Waals surface area contributed by atoms with E-state index >= 15 is 0 Å². The van der Waals surface area contributed by atoms with E-state index in [1.54, 1.807) is 0 Å². The fourth-order valence-electron chi connectivity index (χ4n) is 2.49. The van der Waals surface area contributed by atoms with Crippen molar-refractivity contribution in [1.82, 2.24) is 0 Å². The molecule has 104 valence electrons. The number of carboxylic acid groups (broad SMARTS) is 1. The van der Waals surface area contributed by atoms with E-state index in [1.807, 2.05) is 0 Å². The summed E-state index contributed by atoms with van der Waals surface area (Å²) in [6.45, 7) is 2.28. The number of hydrogen-bond donors (Lipinski definition) is 1. The van der Waals surface area contributed by atoms with E-state index < -0.39 is 5.97 Å². The number of unbranched alkanes of at least 4 members (excludes halogenated alkanes) is 6. The molecule has 2 nitrogen and oxygen atoms in total. The van der Waals surface area contributed by atoms with Crippen LogP contribution >= 0.6 is 0 Å². The highest BCUT2D eigenvalue weighted by Crippen LogP contribution is 2.41. The molecule has 2 heteroatoms. The molecule has 0 radical (unpaired) electrons. The summed E-state index contributed by atoms with van der Waals surface area (Å²) in [7, 11) is 0. The summed E-state index contributed by atoms with van der Waals surface area (Å²) in [5.74, 6) is 1.21. The smallest absolute Gasteiger partial charge is 0.303 e. The Bertz CT molecular complexity index is 258. The Hall–Kier alpha value is -0.790. The fraction of sp³-hybridized carbons (Fsp3) is 0.812. The molecule has 1 saturated carbocycles. The number of carbonyl (C=O) groups is 1. The predicted octanol–water partition coefficient (Wildman–Crippen LogP) is 4.79. The van der Waals surface area contributed by atoms with Crippen molar-refractivity contribution in [3.05, 3.63) is 12.2 Å². The lowest BCUT2D eigenvalue weighted by Crippen LogP contribution is -1.93. The van der Waals surface area contributed by atoms with Crippen molar-refractivity contribution < 1.29 is 9.90 Å². The molecule has 1 aliphatic carbocycles. The van der Waals surface area contributed by atoms with E-state index in [9.17, 15) is 4.79 Å². The van der Waals surface area contributed by atoms with Crippen LogP contribution in [0.4, 0.5) is 0 Å². The molecule has 18 heavy (non-hydrogen) atoms. The van der Waals surface area contributed by atoms with Gasteiger partial charge < -0.3 is 5.11 Å². The molecule has 0 aromatic carbocycles. The van der Waals surface area contributed by atoms with Gasteiger partial charge in [-0.25, -0.2) is 0 Å². The summed E-state index contributed by atoms with van der Waals surface area (Å²) in [6, 6.07) is 0. The maximum atomic E-state index is 10.3. The molecule has 0 saturated heterocycles. The lowest BCUT2D eigenvalue weighted by atomic mass is 10.1. The van der Waals surface area contributed by atoms with E-state index in [0.29, 0.717) is 6.42 Å². The van der Waals surface area contributed by atoms with Crippen LogP contribution in [0.15, 0.2) is 12.2 Å². The second kappa shape index (κ2) is 9.18. The SMILES string of the molecule is CCC1CC1/C=C/CCCCCCCCC(=O)O. The zero-order valence-electron chi connectivity index (χ0n) is 11.7. The van der Waals surface area contributed by atoms with Gasteiger partial charge >= 0.3 is 5.97 Å². The zero-order valence-corrected chi connectivity index (χ0v) is 11.7. The Labute approximate surface area is 111 Å². The standard InChI is InChI=1S/C16H28O2/c1-2-14-13-15(14)11-9-7-5-3-4-6-8-10-12-16(17)18/h9,11,14-15H,2-8,10,12-13H2,1H3,(H,17,18)/b11-9+. The molecule has 1 aliphatic rings. The molecule has 2 unspecified atom stereocenters. The first-order valence-corrected chi connectivity index (χ1v) is 7.62. The summed E-state index contributed by atoms with van der Waals surface area (Å²) >= 11 is 0. The molecule has 0 aromatic heterocycles. The van der Waals surface area contributed by atoms with Crippen LogP contribution < -0.4 is 0 Å². The highest BCUT2D eigenvalue weighted by Gasteiger charge is 2.32. The number of hydrogen-bond acceptors (Lipinski definition) is 1. The monoisotopic (exact) mass is 252 g/mol. The van der Waals surface area contributed by atoms with Gasteiger partial charge in [0.1, 0.15) is 0 Å². The third kappa shape index (κ3) is 7.52. The molecule has 0 aliphatic heterocycles. The second-order valence-electron chi connectivity index (χ2n) is 5.55. The number of allylic oxidation sites excluding steroid dienone is 2. The maximum Gasteiger partial charge on any atom is 0.303 e. The lowest BCUT2D eigenvalue weighted by Gasteiger charge is -1.99. The minimum atomic E-state index is -0.661. The molecular weight excluding hydrogens is 224 g/mol. The van der Waals surface area contributed by atoms with E-state index in [0.717, 1.165) is 24.7 Å². The van der Waals surface area contributed by atoms with Crippen LogP contribution in [0.5, 0.6) is 0 Å². The van der Waals surface area contributed by atoms with E-state index in [1.165, 1.54) is 44.9 Å². The van der Waals surface area contributed by atoms with Crippen molar-refractivity contribution in [2.45, 2.75) is 71.1 Å². The van der Waals surface area contributed by atoms with Gasteiger partial charge in [-0.2, -0.15) is 0 Å². The topological polar surface area (TPSA) is 37.3 Å². The summed E-state index contributed by atoms with van der Waals surface area (Å²) in [6.07, 6.45) is 16.0. The van der Waals surface area contributed by atoms with Gasteiger partial charge in [0, 0.05) is 6.42 Å². The van der Waals surface area contributed by atoms with E-state index in [-0.39, 0.29) is 0 Å². The van der Waals surface area contributed by atoms with Gasteiger partial charge in [0.2, 0.25) is 0 Å². The molecule has 1 fully saturated rings. The van der Waals surface area contributed by atoms with Crippen LogP contribution in [0.1, 0.15) is 71.1 Å². The predicted molar refractivity (Wildman–Crippen MR) is 75.6 cm³/mol. The van der Waals surface area contributed by atoms with Gasteiger partial charge in [-0.3, -0.25) is 4.79 Å². The molecule has 0 amide bonds. The minimum Gasteiger partial charge on any atom is -0.481 e. The van der Waals surface area contributed by atoms with E-state index in [4.69, 9.17) is 5.11 Å². The Morgan fingerprint density at radius 2 is 1.83 bits per heavy atom. The summed E-state index contributed by atoms with van der Waals surface area (Å²) in [5.41, 5.74) is 0. The highest BCUT2D eigenvalue weighted by atomic mass is 16.4. The third-order valence-electron chi connectivity index (χ3n) is 3.90. The molecule has 0 spiro atoms. The summed E-state index contributed by atoms with van der Waals surface area (Å²) in [5, 5.41) is 8.49. The normalized spacial score (nSPS) is 22.5. The first kappa shape index (κ1) is 15.3. The lowest BCUT2D eigenvalue weighted by molar-refractivity contribution is -0.137. The fourth-order valence-corrected chi connectivity index (χ4v) is 2.49. The van der Waals surface area contributed by atoms with Crippen molar-refractivity contribution in [2.75, 3.05) is 0 Å². The molecule has 0 aromatic rings.